The summed E-state index contributed by atoms with van der Waals surface area (Å²) in [4.78, 5) is 15.6. The molecular formula is C19H21N5O2S. The molecule has 4 rings (SSSR count). The molecule has 1 fully saturated rings. The van der Waals surface area contributed by atoms with Crippen LogP contribution in [0.4, 0.5) is 5.95 Å². The number of aryl methyl sites for hydroxylation is 1. The Labute approximate surface area is 158 Å². The van der Waals surface area contributed by atoms with Crippen LogP contribution < -0.4 is 9.62 Å². The second-order valence-corrected chi connectivity index (χ2v) is 8.39. The molecule has 0 atom stereocenters. The van der Waals surface area contributed by atoms with Crippen molar-refractivity contribution in [3.8, 4) is 0 Å². The van der Waals surface area contributed by atoms with Gasteiger partial charge in [0, 0.05) is 30.4 Å². The van der Waals surface area contributed by atoms with Crippen LogP contribution in [0.5, 0.6) is 0 Å². The molecular weight excluding hydrogens is 362 g/mol. The summed E-state index contributed by atoms with van der Waals surface area (Å²) in [5, 5.41) is 0.787. The van der Waals surface area contributed by atoms with Crippen LogP contribution in [-0.2, 0) is 16.6 Å². The van der Waals surface area contributed by atoms with Gasteiger partial charge in [-0.25, -0.2) is 23.1 Å². The molecule has 0 spiro atoms. The first-order valence-electron chi connectivity index (χ1n) is 8.96. The molecule has 3 aromatic rings. The van der Waals surface area contributed by atoms with Crippen molar-refractivity contribution < 1.29 is 8.42 Å². The quantitative estimate of drug-likeness (QED) is 0.728. The second kappa shape index (κ2) is 7.21. The molecule has 27 heavy (non-hydrogen) atoms. The molecule has 2 aromatic heterocycles. The Kier molecular flexibility index (Phi) is 4.75. The summed E-state index contributed by atoms with van der Waals surface area (Å²) in [5.41, 5.74) is 1.94. The number of hydrogen-bond acceptors (Lipinski definition) is 6. The van der Waals surface area contributed by atoms with Crippen molar-refractivity contribution in [3.05, 3.63) is 54.0 Å². The van der Waals surface area contributed by atoms with Crippen molar-refractivity contribution in [3.63, 3.8) is 0 Å². The number of fused-ring (bicyclic) bond motifs is 1. The van der Waals surface area contributed by atoms with Crippen molar-refractivity contribution in [2.45, 2.75) is 31.2 Å². The minimum Gasteiger partial charge on any atom is -0.341 e. The van der Waals surface area contributed by atoms with Crippen LogP contribution in [0.2, 0.25) is 0 Å². The average Bonchev–Trinajstić information content (AvgIpc) is 3.20. The standard InChI is InChI=1S/C19H21N5O2S/c1-14-12-16(23-19(22-14)24-10-2-3-11-24)13-21-27(25,26)17-8-4-6-15-7-5-9-20-18(15)17/h4-9,12,21H,2-3,10-11,13H2,1H3. The third kappa shape index (κ3) is 3.77. The first kappa shape index (κ1) is 17.8. The molecule has 0 amide bonds. The second-order valence-electron chi connectivity index (χ2n) is 6.65. The summed E-state index contributed by atoms with van der Waals surface area (Å²) in [6.45, 7) is 3.89. The van der Waals surface area contributed by atoms with Crippen LogP contribution in [-0.4, -0.2) is 36.5 Å². The number of pyridine rings is 1. The van der Waals surface area contributed by atoms with E-state index in [2.05, 4.69) is 24.6 Å². The summed E-state index contributed by atoms with van der Waals surface area (Å²) in [7, 11) is -3.72. The highest BCUT2D eigenvalue weighted by atomic mass is 32.2. The third-order valence-electron chi connectivity index (χ3n) is 4.61. The molecule has 0 bridgehead atoms. The van der Waals surface area contributed by atoms with Crippen LogP contribution >= 0.6 is 0 Å². The lowest BCUT2D eigenvalue weighted by Gasteiger charge is -2.16. The van der Waals surface area contributed by atoms with Crippen molar-refractivity contribution in [2.24, 2.45) is 0 Å². The summed E-state index contributed by atoms with van der Waals surface area (Å²) in [6, 6.07) is 10.6. The van der Waals surface area contributed by atoms with Gasteiger partial charge in [0.2, 0.25) is 16.0 Å². The smallest absolute Gasteiger partial charge is 0.243 e. The number of nitrogens with zero attached hydrogens (tertiary/aromatic N) is 4. The maximum Gasteiger partial charge on any atom is 0.243 e. The fourth-order valence-electron chi connectivity index (χ4n) is 3.31. The van der Waals surface area contributed by atoms with Crippen LogP contribution in [0.15, 0.2) is 47.5 Å². The molecule has 1 aliphatic rings. The Morgan fingerprint density at radius 3 is 2.70 bits per heavy atom. The Balaban J connectivity index is 1.59. The van der Waals surface area contributed by atoms with E-state index in [1.165, 1.54) is 0 Å². The molecule has 140 valence electrons. The largest absolute Gasteiger partial charge is 0.341 e. The monoisotopic (exact) mass is 383 g/mol. The summed E-state index contributed by atoms with van der Waals surface area (Å²) in [5.74, 6) is 0.675. The van der Waals surface area contributed by atoms with Gasteiger partial charge in [0.1, 0.15) is 4.90 Å². The molecule has 7 nitrogen and oxygen atoms in total. The van der Waals surface area contributed by atoms with Gasteiger partial charge in [-0.15, -0.1) is 0 Å². The van der Waals surface area contributed by atoms with Crippen LogP contribution in [0.25, 0.3) is 10.9 Å². The van der Waals surface area contributed by atoms with Gasteiger partial charge in [0.15, 0.2) is 0 Å². The van der Waals surface area contributed by atoms with Crippen molar-refractivity contribution in [2.75, 3.05) is 18.0 Å². The van der Waals surface area contributed by atoms with E-state index in [-0.39, 0.29) is 11.4 Å². The van der Waals surface area contributed by atoms with E-state index < -0.39 is 10.0 Å². The molecule has 8 heteroatoms. The highest BCUT2D eigenvalue weighted by Gasteiger charge is 2.20. The Hall–Kier alpha value is -2.58. The van der Waals surface area contributed by atoms with E-state index in [4.69, 9.17) is 0 Å². The molecule has 1 N–H and O–H groups in total. The van der Waals surface area contributed by atoms with E-state index in [0.29, 0.717) is 17.2 Å². The first-order valence-corrected chi connectivity index (χ1v) is 10.4. The van der Waals surface area contributed by atoms with Gasteiger partial charge in [-0.2, -0.15) is 0 Å². The van der Waals surface area contributed by atoms with Gasteiger partial charge < -0.3 is 4.90 Å². The minimum absolute atomic E-state index is 0.107. The van der Waals surface area contributed by atoms with Gasteiger partial charge in [-0.05, 0) is 38.0 Å². The molecule has 1 aromatic carbocycles. The SMILES string of the molecule is Cc1cc(CNS(=O)(=O)c2cccc3cccnc23)nc(N2CCCC2)n1. The van der Waals surface area contributed by atoms with Gasteiger partial charge >= 0.3 is 0 Å². The van der Waals surface area contributed by atoms with E-state index >= 15 is 0 Å². The molecule has 0 saturated carbocycles. The van der Waals surface area contributed by atoms with E-state index in [9.17, 15) is 8.42 Å². The zero-order valence-electron chi connectivity index (χ0n) is 15.1. The molecule has 0 aliphatic carbocycles. The lowest BCUT2D eigenvalue weighted by atomic mass is 10.2. The molecule has 0 radical (unpaired) electrons. The third-order valence-corrected chi connectivity index (χ3v) is 6.05. The van der Waals surface area contributed by atoms with Crippen molar-refractivity contribution in [1.82, 2.24) is 19.7 Å². The van der Waals surface area contributed by atoms with Gasteiger partial charge in [-0.3, -0.25) is 4.98 Å². The van der Waals surface area contributed by atoms with E-state index in [1.54, 1.807) is 24.4 Å². The number of para-hydroxylation sites is 1. The molecule has 0 unspecified atom stereocenters. The predicted octanol–water partition coefficient (Wildman–Crippen LogP) is 2.41. The molecule has 3 heterocycles. The highest BCUT2D eigenvalue weighted by Crippen LogP contribution is 2.21. The van der Waals surface area contributed by atoms with Crippen molar-refractivity contribution >= 4 is 26.9 Å². The number of anilines is 1. The number of sulfonamides is 1. The van der Waals surface area contributed by atoms with E-state index in [0.717, 1.165) is 37.0 Å². The number of nitrogens with one attached hydrogen (secondary N) is 1. The summed E-state index contributed by atoms with van der Waals surface area (Å²) < 4.78 is 28.3. The van der Waals surface area contributed by atoms with Crippen LogP contribution in [0.3, 0.4) is 0 Å². The normalized spacial score (nSPS) is 14.8. The number of aromatic nitrogens is 3. The maximum absolute atomic E-state index is 12.8. The van der Waals surface area contributed by atoms with Crippen LogP contribution in [0, 0.1) is 6.92 Å². The van der Waals surface area contributed by atoms with E-state index in [1.807, 2.05) is 25.1 Å². The molecule has 1 saturated heterocycles. The topological polar surface area (TPSA) is 88.1 Å². The zero-order chi connectivity index (χ0) is 18.9. The highest BCUT2D eigenvalue weighted by molar-refractivity contribution is 7.89. The van der Waals surface area contributed by atoms with Gasteiger partial charge in [-0.1, -0.05) is 18.2 Å². The van der Waals surface area contributed by atoms with Crippen molar-refractivity contribution in [1.29, 1.82) is 0 Å². The fourth-order valence-corrected chi connectivity index (χ4v) is 4.48. The fraction of sp³-hybridized carbons (Fsp3) is 0.316. The minimum atomic E-state index is -3.72. The van der Waals surface area contributed by atoms with Gasteiger partial charge in [0.25, 0.3) is 0 Å². The maximum atomic E-state index is 12.8. The molecule has 1 aliphatic heterocycles. The Morgan fingerprint density at radius 2 is 1.89 bits per heavy atom. The van der Waals surface area contributed by atoms with Gasteiger partial charge in [0.05, 0.1) is 17.8 Å². The first-order chi connectivity index (χ1) is 13.0. The summed E-state index contributed by atoms with van der Waals surface area (Å²) >= 11 is 0. The lowest BCUT2D eigenvalue weighted by Crippen LogP contribution is -2.26. The zero-order valence-corrected chi connectivity index (χ0v) is 15.9. The average molecular weight is 383 g/mol. The summed E-state index contributed by atoms with van der Waals surface area (Å²) in [6.07, 6.45) is 3.86. The Morgan fingerprint density at radius 1 is 1.11 bits per heavy atom. The number of rotatable bonds is 5. The van der Waals surface area contributed by atoms with Crippen LogP contribution in [0.1, 0.15) is 24.2 Å². The predicted molar refractivity (Wildman–Crippen MR) is 104 cm³/mol. The Bertz CT molecular complexity index is 1070. The number of hydrogen-bond donors (Lipinski definition) is 1. The lowest BCUT2D eigenvalue weighted by molar-refractivity contribution is 0.581. The number of benzene rings is 1.